The first kappa shape index (κ1) is 11.3. The summed E-state index contributed by atoms with van der Waals surface area (Å²) in [5.41, 5.74) is 0. The number of para-hydroxylation sites is 1. The van der Waals surface area contributed by atoms with Crippen LogP contribution in [0.5, 0.6) is 5.75 Å². The zero-order valence-corrected chi connectivity index (χ0v) is 11.0. The van der Waals surface area contributed by atoms with Gasteiger partial charge in [0, 0.05) is 7.05 Å². The summed E-state index contributed by atoms with van der Waals surface area (Å²) in [7, 11) is 1.85. The molecular formula is C10H10BrN3OS. The van der Waals surface area contributed by atoms with Gasteiger partial charge in [-0.1, -0.05) is 12.1 Å². The van der Waals surface area contributed by atoms with Crippen LogP contribution in [0, 0.1) is 4.77 Å². The molecule has 0 unspecified atom stereocenters. The summed E-state index contributed by atoms with van der Waals surface area (Å²) >= 11 is 8.42. The summed E-state index contributed by atoms with van der Waals surface area (Å²) in [4.78, 5) is 0. The lowest BCUT2D eigenvalue weighted by atomic mass is 10.3. The highest BCUT2D eigenvalue weighted by atomic mass is 79.9. The van der Waals surface area contributed by atoms with Gasteiger partial charge in [0.05, 0.1) is 4.47 Å². The monoisotopic (exact) mass is 299 g/mol. The molecule has 0 saturated carbocycles. The summed E-state index contributed by atoms with van der Waals surface area (Å²) in [6.07, 6.45) is 0. The number of hydrogen-bond donors (Lipinski definition) is 1. The Hall–Kier alpha value is -1.14. The molecule has 2 aromatic rings. The Labute approximate surface area is 106 Å². The number of nitrogens with zero attached hydrogens (tertiary/aromatic N) is 2. The number of rotatable bonds is 3. The summed E-state index contributed by atoms with van der Waals surface area (Å²) in [6, 6.07) is 7.68. The molecule has 0 atom stereocenters. The highest BCUT2D eigenvalue weighted by molar-refractivity contribution is 9.10. The fraction of sp³-hybridized carbons (Fsp3) is 0.200. The summed E-state index contributed by atoms with van der Waals surface area (Å²) in [6.45, 7) is 0.381. The number of H-pyrrole nitrogens is 1. The van der Waals surface area contributed by atoms with Crippen LogP contribution >= 0.6 is 28.1 Å². The van der Waals surface area contributed by atoms with Crippen LogP contribution in [0.3, 0.4) is 0 Å². The molecule has 0 saturated heterocycles. The second kappa shape index (κ2) is 4.80. The second-order valence-electron chi connectivity index (χ2n) is 3.22. The van der Waals surface area contributed by atoms with E-state index in [1.165, 1.54) is 0 Å². The van der Waals surface area contributed by atoms with Crippen molar-refractivity contribution in [2.24, 2.45) is 7.05 Å². The quantitative estimate of drug-likeness (QED) is 0.886. The van der Waals surface area contributed by atoms with E-state index in [1.807, 2.05) is 31.3 Å². The molecule has 0 bridgehead atoms. The predicted molar refractivity (Wildman–Crippen MR) is 66.9 cm³/mol. The molecule has 1 N–H and O–H groups in total. The van der Waals surface area contributed by atoms with Gasteiger partial charge in [0.25, 0.3) is 0 Å². The van der Waals surface area contributed by atoms with Gasteiger partial charge in [0.15, 0.2) is 10.6 Å². The summed E-state index contributed by atoms with van der Waals surface area (Å²) in [5, 5.41) is 6.78. The average molecular weight is 300 g/mol. The minimum absolute atomic E-state index is 0.381. The van der Waals surface area contributed by atoms with Gasteiger partial charge < -0.3 is 9.30 Å². The van der Waals surface area contributed by atoms with Crippen LogP contribution in [0.25, 0.3) is 0 Å². The molecule has 0 spiro atoms. The lowest BCUT2D eigenvalue weighted by Crippen LogP contribution is -2.03. The van der Waals surface area contributed by atoms with E-state index in [1.54, 1.807) is 4.57 Å². The first-order valence-corrected chi connectivity index (χ1v) is 5.86. The van der Waals surface area contributed by atoms with Crippen LogP contribution in [0.2, 0.25) is 0 Å². The number of nitrogens with one attached hydrogen (secondary N) is 1. The Morgan fingerprint density at radius 1 is 1.50 bits per heavy atom. The normalized spacial score (nSPS) is 10.4. The highest BCUT2D eigenvalue weighted by Gasteiger charge is 2.04. The number of halogens is 1. The molecule has 2 rings (SSSR count). The first-order chi connectivity index (χ1) is 7.68. The topological polar surface area (TPSA) is 42.8 Å². The standard InChI is InChI=1S/C10H10BrN3OS/c1-14-9(12-13-10(14)16)6-15-8-5-3-2-4-7(8)11/h2-5H,6H2,1H3,(H,13,16). The van der Waals surface area contributed by atoms with Crippen molar-refractivity contribution < 1.29 is 4.74 Å². The van der Waals surface area contributed by atoms with Crippen LogP contribution in [-0.4, -0.2) is 14.8 Å². The van der Waals surface area contributed by atoms with Gasteiger partial charge in [-0.15, -0.1) is 0 Å². The van der Waals surface area contributed by atoms with Gasteiger partial charge in [0.1, 0.15) is 12.4 Å². The van der Waals surface area contributed by atoms with E-state index in [2.05, 4.69) is 26.1 Å². The minimum atomic E-state index is 0.381. The molecule has 1 aromatic heterocycles. The molecule has 0 amide bonds. The molecular weight excluding hydrogens is 290 g/mol. The molecule has 0 aliphatic rings. The van der Waals surface area contributed by atoms with Crippen molar-refractivity contribution in [1.82, 2.24) is 14.8 Å². The third-order valence-corrected chi connectivity index (χ3v) is 3.19. The van der Waals surface area contributed by atoms with Gasteiger partial charge in [-0.3, -0.25) is 5.10 Å². The Balaban J connectivity index is 2.11. The van der Waals surface area contributed by atoms with Crippen molar-refractivity contribution in [1.29, 1.82) is 0 Å². The van der Waals surface area contributed by atoms with E-state index in [-0.39, 0.29) is 0 Å². The number of hydrogen-bond acceptors (Lipinski definition) is 3. The fourth-order valence-corrected chi connectivity index (χ4v) is 1.76. The molecule has 0 radical (unpaired) electrons. The lowest BCUT2D eigenvalue weighted by Gasteiger charge is -2.06. The van der Waals surface area contributed by atoms with Gasteiger partial charge in [-0.25, -0.2) is 0 Å². The molecule has 0 fully saturated rings. The molecule has 0 aliphatic heterocycles. The van der Waals surface area contributed by atoms with Crippen molar-refractivity contribution in [3.8, 4) is 5.75 Å². The maximum atomic E-state index is 5.62. The van der Waals surface area contributed by atoms with Gasteiger partial charge in [0.2, 0.25) is 0 Å². The summed E-state index contributed by atoms with van der Waals surface area (Å²) < 4.78 is 8.92. The molecule has 16 heavy (non-hydrogen) atoms. The number of aromatic nitrogens is 3. The molecule has 1 heterocycles. The van der Waals surface area contributed by atoms with E-state index in [9.17, 15) is 0 Å². The predicted octanol–water partition coefficient (Wildman–Crippen LogP) is 2.82. The van der Waals surface area contributed by atoms with Crippen molar-refractivity contribution in [2.75, 3.05) is 0 Å². The molecule has 84 valence electrons. The molecule has 0 aliphatic carbocycles. The van der Waals surface area contributed by atoms with Crippen LogP contribution < -0.4 is 4.74 Å². The van der Waals surface area contributed by atoms with Crippen LogP contribution in [-0.2, 0) is 13.7 Å². The maximum absolute atomic E-state index is 5.62. The second-order valence-corrected chi connectivity index (χ2v) is 4.46. The van der Waals surface area contributed by atoms with Crippen molar-refractivity contribution in [3.63, 3.8) is 0 Å². The first-order valence-electron chi connectivity index (χ1n) is 4.66. The van der Waals surface area contributed by atoms with E-state index in [0.717, 1.165) is 16.0 Å². The van der Waals surface area contributed by atoms with Crippen molar-refractivity contribution >= 4 is 28.1 Å². The third kappa shape index (κ3) is 2.33. The number of aromatic amines is 1. The molecule has 6 heteroatoms. The molecule has 1 aromatic carbocycles. The van der Waals surface area contributed by atoms with Crippen LogP contribution in [0.15, 0.2) is 28.7 Å². The Morgan fingerprint density at radius 2 is 2.25 bits per heavy atom. The van der Waals surface area contributed by atoms with E-state index < -0.39 is 0 Å². The van der Waals surface area contributed by atoms with Crippen molar-refractivity contribution in [3.05, 3.63) is 39.3 Å². The largest absolute Gasteiger partial charge is 0.484 e. The highest BCUT2D eigenvalue weighted by Crippen LogP contribution is 2.24. The Bertz CT molecular complexity index is 549. The maximum Gasteiger partial charge on any atom is 0.194 e. The van der Waals surface area contributed by atoms with E-state index >= 15 is 0 Å². The zero-order valence-electron chi connectivity index (χ0n) is 8.61. The van der Waals surface area contributed by atoms with Crippen molar-refractivity contribution in [2.45, 2.75) is 6.61 Å². The average Bonchev–Trinajstić information content (AvgIpc) is 2.59. The zero-order chi connectivity index (χ0) is 11.5. The van der Waals surface area contributed by atoms with Crippen LogP contribution in [0.4, 0.5) is 0 Å². The van der Waals surface area contributed by atoms with Gasteiger partial charge >= 0.3 is 0 Å². The number of ether oxygens (including phenoxy) is 1. The Kier molecular flexibility index (Phi) is 3.40. The van der Waals surface area contributed by atoms with Gasteiger partial charge in [-0.05, 0) is 40.3 Å². The smallest absolute Gasteiger partial charge is 0.194 e. The lowest BCUT2D eigenvalue weighted by molar-refractivity contribution is 0.289. The van der Waals surface area contributed by atoms with Crippen LogP contribution in [0.1, 0.15) is 5.82 Å². The van der Waals surface area contributed by atoms with E-state index in [4.69, 9.17) is 17.0 Å². The van der Waals surface area contributed by atoms with E-state index in [0.29, 0.717) is 11.4 Å². The fourth-order valence-electron chi connectivity index (χ4n) is 1.21. The Morgan fingerprint density at radius 3 is 2.88 bits per heavy atom. The SMILES string of the molecule is Cn1c(COc2ccccc2Br)n[nH]c1=S. The minimum Gasteiger partial charge on any atom is -0.484 e. The third-order valence-electron chi connectivity index (χ3n) is 2.17. The summed E-state index contributed by atoms with van der Waals surface area (Å²) in [5.74, 6) is 1.55. The molecule has 4 nitrogen and oxygen atoms in total. The van der Waals surface area contributed by atoms with Gasteiger partial charge in [-0.2, -0.15) is 5.10 Å². The number of benzene rings is 1.